The second-order valence-electron chi connectivity index (χ2n) is 5.07. The highest BCUT2D eigenvalue weighted by Gasteiger charge is 2.18. The summed E-state index contributed by atoms with van der Waals surface area (Å²) in [6.07, 6.45) is 2.76. The average molecular weight is 245 g/mol. The van der Waals surface area contributed by atoms with Gasteiger partial charge < -0.3 is 0 Å². The first-order valence-corrected chi connectivity index (χ1v) is 6.38. The number of nitrogens with zero attached hydrogens (tertiary/aromatic N) is 3. The highest BCUT2D eigenvalue weighted by Crippen LogP contribution is 2.18. The van der Waals surface area contributed by atoms with E-state index in [1.54, 1.807) is 12.1 Å². The van der Waals surface area contributed by atoms with Crippen molar-refractivity contribution in [2.75, 3.05) is 0 Å². The van der Waals surface area contributed by atoms with Crippen LogP contribution in [0.25, 0.3) is 0 Å². The molecule has 3 nitrogen and oxygen atoms in total. The molecule has 3 rings (SSSR count). The van der Waals surface area contributed by atoms with E-state index >= 15 is 0 Å². The van der Waals surface area contributed by atoms with Crippen LogP contribution in [0.1, 0.15) is 30.6 Å². The Bertz CT molecular complexity index is 562. The molecule has 94 valence electrons. The fourth-order valence-corrected chi connectivity index (χ4v) is 2.42. The summed E-state index contributed by atoms with van der Waals surface area (Å²) in [6, 6.07) is 6.63. The highest BCUT2D eigenvalue weighted by atomic mass is 19.1. The summed E-state index contributed by atoms with van der Waals surface area (Å²) in [4.78, 5) is 4.56. The van der Waals surface area contributed by atoms with Crippen LogP contribution in [0.5, 0.6) is 0 Å². The molecule has 1 unspecified atom stereocenters. The zero-order valence-corrected chi connectivity index (χ0v) is 10.4. The van der Waals surface area contributed by atoms with Crippen LogP contribution in [0.3, 0.4) is 0 Å². The molecule has 4 heteroatoms. The van der Waals surface area contributed by atoms with Crippen LogP contribution in [0.4, 0.5) is 4.39 Å². The third kappa shape index (κ3) is 2.28. The molecule has 0 bridgehead atoms. The predicted octanol–water partition coefficient (Wildman–Crippen LogP) is 2.59. The maximum absolute atomic E-state index is 13.1. The van der Waals surface area contributed by atoms with Crippen molar-refractivity contribution < 1.29 is 4.39 Å². The molecule has 1 aromatic heterocycles. The Labute approximate surface area is 106 Å². The van der Waals surface area contributed by atoms with E-state index in [2.05, 4.69) is 17.0 Å². The van der Waals surface area contributed by atoms with E-state index < -0.39 is 0 Å². The molecular formula is C14H16FN3. The van der Waals surface area contributed by atoms with Crippen LogP contribution in [0, 0.1) is 11.7 Å². The molecule has 1 aliphatic heterocycles. The summed E-state index contributed by atoms with van der Waals surface area (Å²) in [5.41, 5.74) is 0.922. The van der Waals surface area contributed by atoms with E-state index in [-0.39, 0.29) is 5.82 Å². The number of fused-ring (bicyclic) bond motifs is 1. The van der Waals surface area contributed by atoms with Crippen LogP contribution >= 0.6 is 0 Å². The topological polar surface area (TPSA) is 30.7 Å². The van der Waals surface area contributed by atoms with Crippen molar-refractivity contribution in [3.8, 4) is 0 Å². The largest absolute Gasteiger partial charge is 0.250 e. The molecule has 18 heavy (non-hydrogen) atoms. The second-order valence-corrected chi connectivity index (χ2v) is 5.07. The average Bonchev–Trinajstić information content (AvgIpc) is 2.70. The fraction of sp³-hybridized carbons (Fsp3) is 0.429. The number of hydrogen-bond donors (Lipinski definition) is 0. The number of benzene rings is 1. The second kappa shape index (κ2) is 4.52. The first kappa shape index (κ1) is 11.4. The van der Waals surface area contributed by atoms with E-state index in [0.29, 0.717) is 12.3 Å². The smallest absolute Gasteiger partial charge is 0.155 e. The molecule has 0 aliphatic carbocycles. The maximum atomic E-state index is 13.1. The minimum Gasteiger partial charge on any atom is -0.250 e. The summed E-state index contributed by atoms with van der Waals surface area (Å²) in [5.74, 6) is 2.35. The van der Waals surface area contributed by atoms with Gasteiger partial charge in [-0.2, -0.15) is 5.10 Å². The van der Waals surface area contributed by atoms with E-state index in [9.17, 15) is 4.39 Å². The van der Waals surface area contributed by atoms with Crippen LogP contribution in [0.2, 0.25) is 0 Å². The normalized spacial score (nSPS) is 18.7. The molecule has 1 aromatic carbocycles. The highest BCUT2D eigenvalue weighted by molar-refractivity contribution is 5.20. The summed E-state index contributed by atoms with van der Waals surface area (Å²) >= 11 is 0. The molecule has 1 atom stereocenters. The molecule has 2 aromatic rings. The van der Waals surface area contributed by atoms with Gasteiger partial charge in [-0.05, 0) is 30.0 Å². The molecule has 2 heterocycles. The van der Waals surface area contributed by atoms with E-state index in [1.165, 1.54) is 6.07 Å². The Hall–Kier alpha value is -1.71. The van der Waals surface area contributed by atoms with Gasteiger partial charge in [0.2, 0.25) is 0 Å². The lowest BCUT2D eigenvalue weighted by Gasteiger charge is -2.17. The standard InChI is InChI=1S/C14H16FN3/c1-10-5-6-18-14(7-10)16-13(17-18)9-11-3-2-4-12(15)8-11/h2-4,8,10H,5-7,9H2,1H3. The number of rotatable bonds is 2. The minimum atomic E-state index is -0.204. The van der Waals surface area contributed by atoms with E-state index in [0.717, 1.165) is 36.6 Å². The van der Waals surface area contributed by atoms with E-state index in [1.807, 2.05) is 10.7 Å². The first-order valence-electron chi connectivity index (χ1n) is 6.38. The molecule has 0 radical (unpaired) electrons. The van der Waals surface area contributed by atoms with E-state index in [4.69, 9.17) is 0 Å². The molecule has 0 fully saturated rings. The van der Waals surface area contributed by atoms with Gasteiger partial charge in [0, 0.05) is 19.4 Å². The number of aryl methyl sites for hydroxylation is 1. The van der Waals surface area contributed by atoms with Crippen molar-refractivity contribution in [2.24, 2.45) is 5.92 Å². The number of hydrogen-bond acceptors (Lipinski definition) is 2. The monoisotopic (exact) mass is 245 g/mol. The quantitative estimate of drug-likeness (QED) is 0.814. The van der Waals surface area contributed by atoms with Crippen LogP contribution in [-0.4, -0.2) is 14.8 Å². The molecule has 1 aliphatic rings. The van der Waals surface area contributed by atoms with Gasteiger partial charge in [0.1, 0.15) is 11.6 Å². The summed E-state index contributed by atoms with van der Waals surface area (Å²) in [7, 11) is 0. The van der Waals surface area contributed by atoms with Gasteiger partial charge in [0.25, 0.3) is 0 Å². The lowest BCUT2D eigenvalue weighted by atomic mass is 10.0. The van der Waals surface area contributed by atoms with Gasteiger partial charge in [-0.15, -0.1) is 0 Å². The Kier molecular flexibility index (Phi) is 2.86. The molecule has 0 saturated carbocycles. The molecule has 0 spiro atoms. The summed E-state index contributed by atoms with van der Waals surface area (Å²) in [5, 5.41) is 4.49. The van der Waals surface area contributed by atoms with Crippen LogP contribution in [-0.2, 0) is 19.4 Å². The molecule has 0 saturated heterocycles. The third-order valence-electron chi connectivity index (χ3n) is 3.41. The maximum Gasteiger partial charge on any atom is 0.155 e. The predicted molar refractivity (Wildman–Crippen MR) is 66.7 cm³/mol. The van der Waals surface area contributed by atoms with Gasteiger partial charge >= 0.3 is 0 Å². The van der Waals surface area contributed by atoms with Gasteiger partial charge in [0.05, 0.1) is 0 Å². The van der Waals surface area contributed by atoms with Crippen molar-refractivity contribution in [3.05, 3.63) is 47.3 Å². The Balaban J connectivity index is 1.82. The third-order valence-corrected chi connectivity index (χ3v) is 3.41. The molecular weight excluding hydrogens is 229 g/mol. The van der Waals surface area contributed by atoms with Crippen molar-refractivity contribution in [1.29, 1.82) is 0 Å². The van der Waals surface area contributed by atoms with Crippen molar-refractivity contribution >= 4 is 0 Å². The van der Waals surface area contributed by atoms with Crippen molar-refractivity contribution in [1.82, 2.24) is 14.8 Å². The first-order chi connectivity index (χ1) is 8.70. The van der Waals surface area contributed by atoms with Gasteiger partial charge in [0.15, 0.2) is 5.82 Å². The number of aromatic nitrogens is 3. The van der Waals surface area contributed by atoms with Gasteiger partial charge in [-0.1, -0.05) is 19.1 Å². The molecule has 0 N–H and O–H groups in total. The Morgan fingerprint density at radius 3 is 3.17 bits per heavy atom. The van der Waals surface area contributed by atoms with Crippen molar-refractivity contribution in [3.63, 3.8) is 0 Å². The Morgan fingerprint density at radius 1 is 1.44 bits per heavy atom. The van der Waals surface area contributed by atoms with Crippen molar-refractivity contribution in [2.45, 2.75) is 32.7 Å². The van der Waals surface area contributed by atoms with Crippen LogP contribution < -0.4 is 0 Å². The zero-order valence-electron chi connectivity index (χ0n) is 10.4. The zero-order chi connectivity index (χ0) is 12.5. The SMILES string of the molecule is CC1CCn2nc(Cc3cccc(F)c3)nc2C1. The van der Waals surface area contributed by atoms with Gasteiger partial charge in [-0.3, -0.25) is 0 Å². The minimum absolute atomic E-state index is 0.204. The molecule has 0 amide bonds. The lowest BCUT2D eigenvalue weighted by molar-refractivity contribution is 0.385. The number of halogens is 1. The summed E-state index contributed by atoms with van der Waals surface area (Å²) < 4.78 is 15.1. The van der Waals surface area contributed by atoms with Crippen LogP contribution in [0.15, 0.2) is 24.3 Å². The Morgan fingerprint density at radius 2 is 2.33 bits per heavy atom. The lowest BCUT2D eigenvalue weighted by Crippen LogP contribution is -2.18. The fourth-order valence-electron chi connectivity index (χ4n) is 2.42. The summed E-state index contributed by atoms with van der Waals surface area (Å²) in [6.45, 7) is 3.19. The van der Waals surface area contributed by atoms with Gasteiger partial charge in [-0.25, -0.2) is 14.1 Å².